The maximum Gasteiger partial charge on any atom is 0.222 e. The van der Waals surface area contributed by atoms with Crippen LogP contribution in [0, 0.1) is 0 Å². The summed E-state index contributed by atoms with van der Waals surface area (Å²) >= 11 is 0. The van der Waals surface area contributed by atoms with Crippen molar-refractivity contribution < 1.29 is 9.90 Å². The third-order valence-electron chi connectivity index (χ3n) is 4.63. The Morgan fingerprint density at radius 3 is 2.92 bits per heavy atom. The number of aryl methyl sites for hydroxylation is 1. The van der Waals surface area contributed by atoms with E-state index in [1.54, 1.807) is 6.33 Å². The Morgan fingerprint density at radius 1 is 1.21 bits per heavy atom. The van der Waals surface area contributed by atoms with Crippen LogP contribution in [-0.4, -0.2) is 26.7 Å². The van der Waals surface area contributed by atoms with Gasteiger partial charge in [-0.15, -0.1) is 0 Å². The molecule has 1 aromatic heterocycles. The highest BCUT2D eigenvalue weighted by Crippen LogP contribution is 2.31. The first-order valence-electron chi connectivity index (χ1n) is 8.17. The number of hydrogen-bond donors (Lipinski definition) is 2. The lowest BCUT2D eigenvalue weighted by Crippen LogP contribution is -2.34. The first kappa shape index (κ1) is 14.9. The zero-order chi connectivity index (χ0) is 16.5. The Bertz CT molecular complexity index is 887. The topological polar surface area (TPSA) is 67.2 Å². The number of fused-ring (bicyclic) bond motifs is 2. The minimum absolute atomic E-state index is 0.0615. The van der Waals surface area contributed by atoms with E-state index >= 15 is 0 Å². The van der Waals surface area contributed by atoms with Crippen molar-refractivity contribution in [2.24, 2.45) is 0 Å². The Balaban J connectivity index is 1.42. The molecule has 1 aliphatic rings. The molecule has 5 heteroatoms. The number of carbonyl (C=O) groups excluding carboxylic acids is 1. The molecule has 0 spiro atoms. The summed E-state index contributed by atoms with van der Waals surface area (Å²) in [6.45, 7) is 0.566. The number of carbonyl (C=O) groups is 1. The van der Waals surface area contributed by atoms with Crippen LogP contribution in [0.15, 0.2) is 54.9 Å². The maximum atomic E-state index is 12.3. The Kier molecular flexibility index (Phi) is 3.78. The van der Waals surface area contributed by atoms with E-state index in [-0.39, 0.29) is 11.9 Å². The van der Waals surface area contributed by atoms with Gasteiger partial charge in [-0.05, 0) is 23.3 Å². The van der Waals surface area contributed by atoms with Crippen molar-refractivity contribution >= 4 is 16.9 Å². The maximum absolute atomic E-state index is 12.3. The first-order valence-corrected chi connectivity index (χ1v) is 8.17. The van der Waals surface area contributed by atoms with E-state index in [2.05, 4.69) is 10.3 Å². The minimum Gasteiger partial charge on any atom is -0.390 e. The first-order chi connectivity index (χ1) is 11.7. The summed E-state index contributed by atoms with van der Waals surface area (Å²) < 4.78 is 1.98. The van der Waals surface area contributed by atoms with Gasteiger partial charge in [-0.2, -0.15) is 0 Å². The summed E-state index contributed by atoms with van der Waals surface area (Å²) in [6.07, 6.45) is 2.15. The normalized spacial score (nSPS) is 19.4. The molecule has 0 saturated carbocycles. The number of aliphatic hydroxyl groups excluding tert-OH is 1. The summed E-state index contributed by atoms with van der Waals surface area (Å²) in [5.74, 6) is -0.0615. The van der Waals surface area contributed by atoms with Gasteiger partial charge in [-0.25, -0.2) is 4.98 Å². The lowest BCUT2D eigenvalue weighted by molar-refractivity contribution is -0.122. The van der Waals surface area contributed by atoms with E-state index in [0.29, 0.717) is 19.4 Å². The van der Waals surface area contributed by atoms with Crippen molar-refractivity contribution in [3.63, 3.8) is 0 Å². The molecule has 5 nitrogen and oxygen atoms in total. The largest absolute Gasteiger partial charge is 0.390 e. The molecule has 1 aliphatic carbocycles. The van der Waals surface area contributed by atoms with E-state index in [0.717, 1.165) is 22.2 Å². The third kappa shape index (κ3) is 2.67. The van der Waals surface area contributed by atoms with Crippen molar-refractivity contribution in [3.8, 4) is 0 Å². The van der Waals surface area contributed by atoms with Crippen molar-refractivity contribution in [2.75, 3.05) is 0 Å². The van der Waals surface area contributed by atoms with E-state index in [4.69, 9.17) is 0 Å². The second-order valence-electron chi connectivity index (χ2n) is 6.19. The molecule has 122 valence electrons. The van der Waals surface area contributed by atoms with Gasteiger partial charge < -0.3 is 15.0 Å². The second-order valence-corrected chi connectivity index (χ2v) is 6.19. The Labute approximate surface area is 139 Å². The van der Waals surface area contributed by atoms with Gasteiger partial charge in [0.05, 0.1) is 29.5 Å². The smallest absolute Gasteiger partial charge is 0.222 e. The van der Waals surface area contributed by atoms with Gasteiger partial charge in [0.15, 0.2) is 0 Å². The van der Waals surface area contributed by atoms with Crippen LogP contribution < -0.4 is 5.32 Å². The van der Waals surface area contributed by atoms with Gasteiger partial charge >= 0.3 is 0 Å². The van der Waals surface area contributed by atoms with Crippen LogP contribution in [-0.2, 0) is 17.8 Å². The van der Waals surface area contributed by atoms with E-state index in [9.17, 15) is 9.90 Å². The molecule has 1 heterocycles. The summed E-state index contributed by atoms with van der Waals surface area (Å²) in [4.78, 5) is 16.7. The van der Waals surface area contributed by atoms with E-state index in [1.165, 1.54) is 0 Å². The molecule has 4 rings (SSSR count). The highest BCUT2D eigenvalue weighted by Gasteiger charge is 2.31. The number of benzene rings is 2. The number of nitrogens with zero attached hydrogens (tertiary/aromatic N) is 2. The summed E-state index contributed by atoms with van der Waals surface area (Å²) in [7, 11) is 0. The highest BCUT2D eigenvalue weighted by molar-refractivity contribution is 5.78. The number of rotatable bonds is 4. The van der Waals surface area contributed by atoms with Crippen molar-refractivity contribution in [3.05, 3.63) is 66.0 Å². The van der Waals surface area contributed by atoms with Crippen molar-refractivity contribution in [2.45, 2.75) is 31.5 Å². The van der Waals surface area contributed by atoms with Crippen LogP contribution in [0.25, 0.3) is 11.0 Å². The highest BCUT2D eigenvalue weighted by atomic mass is 16.3. The number of aliphatic hydroxyl groups is 1. The molecule has 0 saturated heterocycles. The van der Waals surface area contributed by atoms with Crippen LogP contribution in [0.2, 0.25) is 0 Å². The Morgan fingerprint density at radius 2 is 2.00 bits per heavy atom. The van der Waals surface area contributed by atoms with Crippen LogP contribution >= 0.6 is 0 Å². The zero-order valence-corrected chi connectivity index (χ0v) is 13.2. The summed E-state index contributed by atoms with van der Waals surface area (Å²) in [6, 6.07) is 15.4. The fourth-order valence-electron chi connectivity index (χ4n) is 3.40. The Hall–Kier alpha value is -2.66. The average molecular weight is 321 g/mol. The minimum atomic E-state index is -0.555. The molecule has 2 unspecified atom stereocenters. The lowest BCUT2D eigenvalue weighted by Gasteiger charge is -2.18. The molecule has 0 radical (unpaired) electrons. The van der Waals surface area contributed by atoms with Crippen LogP contribution in [0.3, 0.4) is 0 Å². The third-order valence-corrected chi connectivity index (χ3v) is 4.63. The van der Waals surface area contributed by atoms with Gasteiger partial charge in [-0.3, -0.25) is 4.79 Å². The fourth-order valence-corrected chi connectivity index (χ4v) is 3.40. The molecule has 0 fully saturated rings. The molecule has 2 N–H and O–H groups in total. The zero-order valence-electron chi connectivity index (χ0n) is 13.2. The van der Waals surface area contributed by atoms with Gasteiger partial charge in [0.1, 0.15) is 0 Å². The number of aromatic nitrogens is 2. The number of hydrogen-bond acceptors (Lipinski definition) is 3. The number of nitrogens with one attached hydrogen (secondary N) is 1. The number of amides is 1. The van der Waals surface area contributed by atoms with Crippen LogP contribution in [0.1, 0.15) is 23.6 Å². The monoisotopic (exact) mass is 321 g/mol. The predicted octanol–water partition coefficient (Wildman–Crippen LogP) is 2.20. The lowest BCUT2D eigenvalue weighted by atomic mass is 10.1. The van der Waals surface area contributed by atoms with Gasteiger partial charge in [-0.1, -0.05) is 36.4 Å². The molecular formula is C19H19N3O2. The van der Waals surface area contributed by atoms with Crippen LogP contribution in [0.4, 0.5) is 0 Å². The van der Waals surface area contributed by atoms with Gasteiger partial charge in [0.25, 0.3) is 0 Å². The van der Waals surface area contributed by atoms with Gasteiger partial charge in [0.2, 0.25) is 5.91 Å². The fraction of sp³-hybridized carbons (Fsp3) is 0.263. The van der Waals surface area contributed by atoms with Crippen LogP contribution in [0.5, 0.6) is 0 Å². The van der Waals surface area contributed by atoms with E-state index < -0.39 is 6.10 Å². The summed E-state index contributed by atoms with van der Waals surface area (Å²) in [5.41, 5.74) is 4.08. The van der Waals surface area contributed by atoms with E-state index in [1.807, 2.05) is 53.1 Å². The van der Waals surface area contributed by atoms with Crippen molar-refractivity contribution in [1.82, 2.24) is 14.9 Å². The number of imidazole rings is 1. The predicted molar refractivity (Wildman–Crippen MR) is 91.4 cm³/mol. The molecule has 2 aromatic carbocycles. The number of para-hydroxylation sites is 2. The molecule has 1 amide bonds. The standard InChI is InChI=1S/C19H19N3O2/c23-17-11-13-5-1-2-6-14(13)19(17)21-18(24)9-10-22-12-20-15-7-3-4-8-16(15)22/h1-8,12,17,19,23H,9-11H2,(H,21,24). The van der Waals surface area contributed by atoms with Gasteiger partial charge in [0, 0.05) is 19.4 Å². The van der Waals surface area contributed by atoms with Crippen molar-refractivity contribution in [1.29, 1.82) is 0 Å². The molecule has 2 atom stereocenters. The average Bonchev–Trinajstić information content (AvgIpc) is 3.15. The second kappa shape index (κ2) is 6.09. The SMILES string of the molecule is O=C(CCn1cnc2ccccc21)NC1c2ccccc2CC1O. The quantitative estimate of drug-likeness (QED) is 0.774. The summed E-state index contributed by atoms with van der Waals surface area (Å²) in [5, 5.41) is 13.2. The molecule has 3 aromatic rings. The molecule has 0 bridgehead atoms. The molecular weight excluding hydrogens is 302 g/mol. The molecule has 24 heavy (non-hydrogen) atoms. The molecule has 0 aliphatic heterocycles.